The van der Waals surface area contributed by atoms with Crippen molar-refractivity contribution >= 4 is 41.4 Å². The largest absolute Gasteiger partial charge is 0.527 e. The normalized spacial score (nSPS) is 16.8. The van der Waals surface area contributed by atoms with E-state index in [1.807, 2.05) is 38.7 Å². The van der Waals surface area contributed by atoms with Crippen molar-refractivity contribution in [3.05, 3.63) is 86.5 Å². The number of para-hydroxylation sites is 1. The molecule has 20 nitrogen and oxygen atoms in total. The lowest BCUT2D eigenvalue weighted by molar-refractivity contribution is -0.387. The molecule has 0 aliphatic carbocycles. The van der Waals surface area contributed by atoms with Gasteiger partial charge >= 0.3 is 25.7 Å². The maximum Gasteiger partial charge on any atom is 0.527 e. The van der Waals surface area contributed by atoms with Crippen LogP contribution in [-0.4, -0.2) is 162 Å². The highest BCUT2D eigenvalue weighted by Gasteiger charge is 2.30. The number of carbonyl (C=O) groups is 3. The zero-order valence-corrected chi connectivity index (χ0v) is 38.5. The van der Waals surface area contributed by atoms with Crippen molar-refractivity contribution in [3.8, 4) is 16.9 Å². The number of carboxylic acids is 3. The summed E-state index contributed by atoms with van der Waals surface area (Å²) in [7, 11) is -8.94. The van der Waals surface area contributed by atoms with Gasteiger partial charge in [0.15, 0.2) is 4.90 Å². The SMILES string of the molecule is Cc1cc(C)c(-c2cc(C)c(OP(=O)(O)OCCC[C@H](C(=O)O)N3CCN(CC(=O)O)CCN(CCNS(=O)(=O)c4ccccc4[N+](=O)[O-])CCN(CC(=O)O)CC3)cc2C)c(C)c1. The molecule has 0 bridgehead atoms. The zero-order chi connectivity index (χ0) is 47.4. The van der Waals surface area contributed by atoms with Crippen molar-refractivity contribution < 1.29 is 61.6 Å². The van der Waals surface area contributed by atoms with Crippen LogP contribution in [0, 0.1) is 44.7 Å². The molecule has 3 aromatic carbocycles. The van der Waals surface area contributed by atoms with Crippen LogP contribution in [0.4, 0.5) is 5.69 Å². The number of nitro groups is 1. The van der Waals surface area contributed by atoms with Gasteiger partial charge in [0.25, 0.3) is 5.69 Å². The van der Waals surface area contributed by atoms with Gasteiger partial charge in [0.1, 0.15) is 11.8 Å². The number of carboxylic acid groups (broad SMARTS) is 3. The predicted molar refractivity (Wildman–Crippen MR) is 237 cm³/mol. The van der Waals surface area contributed by atoms with Gasteiger partial charge < -0.3 is 19.8 Å². The Morgan fingerprint density at radius 1 is 0.812 bits per heavy atom. The molecule has 1 fully saturated rings. The molecule has 4 rings (SSSR count). The molecular weight excluding hydrogens is 876 g/mol. The molecule has 5 N–H and O–H groups in total. The highest BCUT2D eigenvalue weighted by molar-refractivity contribution is 7.89. The molecule has 3 aromatic rings. The van der Waals surface area contributed by atoms with E-state index in [1.165, 1.54) is 12.1 Å². The van der Waals surface area contributed by atoms with Crippen LogP contribution in [0.1, 0.15) is 40.7 Å². The van der Waals surface area contributed by atoms with Gasteiger partial charge in [-0.25, -0.2) is 17.7 Å². The minimum atomic E-state index is -4.65. The van der Waals surface area contributed by atoms with Gasteiger partial charge in [-0.15, -0.1) is 0 Å². The Morgan fingerprint density at radius 2 is 1.36 bits per heavy atom. The molecule has 1 aliphatic rings. The fourth-order valence-electron chi connectivity index (χ4n) is 7.87. The number of aliphatic carboxylic acids is 3. The molecule has 0 radical (unpaired) electrons. The van der Waals surface area contributed by atoms with Gasteiger partial charge in [-0.2, -0.15) is 0 Å². The van der Waals surface area contributed by atoms with Gasteiger partial charge in [-0.3, -0.25) is 53.5 Å². The summed E-state index contributed by atoms with van der Waals surface area (Å²) in [4.78, 5) is 64.0. The number of phosphoric ester groups is 1. The Hall–Kier alpha value is -4.83. The van der Waals surface area contributed by atoms with Gasteiger partial charge in [0.2, 0.25) is 10.0 Å². The molecule has 1 saturated heterocycles. The highest BCUT2D eigenvalue weighted by atomic mass is 32.2. The van der Waals surface area contributed by atoms with Crippen molar-refractivity contribution in [3.63, 3.8) is 0 Å². The summed E-state index contributed by atoms with van der Waals surface area (Å²) in [5.41, 5.74) is 6.23. The number of sulfonamides is 1. The first-order valence-electron chi connectivity index (χ1n) is 20.7. The van der Waals surface area contributed by atoms with Crippen molar-refractivity contribution in [1.29, 1.82) is 0 Å². The summed E-state index contributed by atoms with van der Waals surface area (Å²) in [6.45, 7) is 9.69. The second kappa shape index (κ2) is 23.4. The van der Waals surface area contributed by atoms with E-state index in [-0.39, 0.29) is 104 Å². The van der Waals surface area contributed by atoms with E-state index in [0.717, 1.165) is 45.5 Å². The lowest BCUT2D eigenvalue weighted by Gasteiger charge is -2.35. The first kappa shape index (κ1) is 51.8. The van der Waals surface area contributed by atoms with Crippen LogP contribution >= 0.6 is 7.82 Å². The molecule has 1 aliphatic heterocycles. The van der Waals surface area contributed by atoms with Crippen molar-refractivity contribution in [2.75, 3.05) is 85.1 Å². The number of nitrogens with zero attached hydrogens (tertiary/aromatic N) is 5. The highest BCUT2D eigenvalue weighted by Crippen LogP contribution is 2.46. The third-order valence-corrected chi connectivity index (χ3v) is 13.4. The summed E-state index contributed by atoms with van der Waals surface area (Å²) in [5.74, 6) is -3.30. The topological polar surface area (TPSA) is 270 Å². The van der Waals surface area contributed by atoms with Crippen LogP contribution in [0.5, 0.6) is 5.75 Å². The molecule has 2 atom stereocenters. The molecule has 1 unspecified atom stereocenters. The van der Waals surface area contributed by atoms with Gasteiger partial charge in [0, 0.05) is 71.5 Å². The minimum absolute atomic E-state index is 0.0261. The molecule has 352 valence electrons. The number of hydrogen-bond acceptors (Lipinski definition) is 14. The van der Waals surface area contributed by atoms with E-state index in [4.69, 9.17) is 9.05 Å². The third kappa shape index (κ3) is 15.4. The first-order chi connectivity index (χ1) is 30.1. The Bertz CT molecular complexity index is 2260. The van der Waals surface area contributed by atoms with Gasteiger partial charge in [-0.1, -0.05) is 29.8 Å². The van der Waals surface area contributed by atoms with Crippen LogP contribution in [0.15, 0.2) is 53.4 Å². The average molecular weight is 935 g/mol. The Labute approximate surface area is 373 Å². The van der Waals surface area contributed by atoms with E-state index in [2.05, 4.69) is 16.9 Å². The van der Waals surface area contributed by atoms with Crippen LogP contribution in [-0.2, 0) is 33.5 Å². The molecule has 0 saturated carbocycles. The summed E-state index contributed by atoms with van der Waals surface area (Å²) >= 11 is 0. The van der Waals surface area contributed by atoms with Gasteiger partial charge in [0.05, 0.1) is 24.6 Å². The number of phosphoric acid groups is 1. The van der Waals surface area contributed by atoms with Gasteiger partial charge in [-0.05, 0) is 99.0 Å². The fraction of sp³-hybridized carbons (Fsp3) is 0.500. The van der Waals surface area contributed by atoms with E-state index in [9.17, 15) is 57.7 Å². The van der Waals surface area contributed by atoms with Crippen molar-refractivity contribution in [1.82, 2.24) is 24.3 Å². The number of hydrogen-bond donors (Lipinski definition) is 5. The van der Waals surface area contributed by atoms with E-state index in [0.29, 0.717) is 5.56 Å². The molecular formula is C42H59N6O14PS. The fourth-order valence-corrected chi connectivity index (χ4v) is 9.92. The number of aryl methyl sites for hydroxylation is 5. The molecule has 0 spiro atoms. The molecule has 0 amide bonds. The Morgan fingerprint density at radius 3 is 1.91 bits per heavy atom. The van der Waals surface area contributed by atoms with Crippen LogP contribution in [0.3, 0.4) is 0 Å². The molecule has 64 heavy (non-hydrogen) atoms. The summed E-state index contributed by atoms with van der Waals surface area (Å²) < 4.78 is 52.3. The summed E-state index contributed by atoms with van der Waals surface area (Å²) in [6, 6.07) is 11.5. The standard InChI is InChI=1S/C42H59N6O14PS/c1-29-23-32(4)41(33(5)24-29)34-25-31(3)37(26-30(34)2)62-63(57,58)61-22-8-10-36(42(53)54)47-20-18-45(27-39(49)50)16-14-44(15-17-46(19-21-47)28-40(51)52)13-12-43-64(59,60)38-11-7-6-9-35(38)48(55)56/h6-7,9,11,23-26,36,43H,8,10,12-22,27-28H2,1-5H3,(H,49,50)(H,51,52)(H,53,54)(H,57,58)/t36-/m1/s1. The quantitative estimate of drug-likeness (QED) is 0.0465. The van der Waals surface area contributed by atoms with E-state index >= 15 is 0 Å². The van der Waals surface area contributed by atoms with E-state index < -0.39 is 57.3 Å². The number of rotatable bonds is 20. The summed E-state index contributed by atoms with van der Waals surface area (Å²) in [6.07, 6.45) is -0.0105. The molecule has 22 heteroatoms. The Kier molecular flexibility index (Phi) is 18.9. The minimum Gasteiger partial charge on any atom is -0.480 e. The predicted octanol–water partition coefficient (Wildman–Crippen LogP) is 3.90. The zero-order valence-electron chi connectivity index (χ0n) is 36.8. The van der Waals surface area contributed by atoms with Crippen molar-refractivity contribution in [2.45, 2.75) is 58.4 Å². The monoisotopic (exact) mass is 934 g/mol. The number of benzene rings is 3. The first-order valence-corrected chi connectivity index (χ1v) is 23.7. The second-order valence-electron chi connectivity index (χ2n) is 15.9. The third-order valence-electron chi connectivity index (χ3n) is 10.9. The maximum absolute atomic E-state index is 13.1. The van der Waals surface area contributed by atoms with Crippen molar-refractivity contribution in [2.24, 2.45) is 0 Å². The van der Waals surface area contributed by atoms with E-state index in [1.54, 1.807) is 27.7 Å². The smallest absolute Gasteiger partial charge is 0.480 e. The average Bonchev–Trinajstić information content (AvgIpc) is 3.18. The lowest BCUT2D eigenvalue weighted by Crippen LogP contribution is -2.52. The maximum atomic E-state index is 13.1. The van der Waals surface area contributed by atoms with Crippen LogP contribution in [0.25, 0.3) is 11.1 Å². The molecule has 1 heterocycles. The number of nitrogens with one attached hydrogen (secondary N) is 1. The Balaban J connectivity index is 1.41. The summed E-state index contributed by atoms with van der Waals surface area (Å²) in [5, 5.41) is 41.2. The van der Waals surface area contributed by atoms with Crippen LogP contribution < -0.4 is 9.25 Å². The second-order valence-corrected chi connectivity index (χ2v) is 19.0. The molecule has 0 aromatic heterocycles. The van der Waals surface area contributed by atoms with Crippen LogP contribution in [0.2, 0.25) is 0 Å². The number of nitro benzene ring substituents is 1. The lowest BCUT2D eigenvalue weighted by atomic mass is 9.90.